The van der Waals surface area contributed by atoms with Gasteiger partial charge in [-0.05, 0) is 0 Å². The first-order chi connectivity index (χ1) is 11.7. The Morgan fingerprint density at radius 2 is 1.27 bits per heavy atom. The van der Waals surface area contributed by atoms with Crippen LogP contribution in [0.2, 0.25) is 0 Å². The fraction of sp³-hybridized carbons (Fsp3) is 0.824. The predicted octanol–water partition coefficient (Wildman–Crippen LogP) is 0.157. The molecule has 0 bridgehead atoms. The van der Waals surface area contributed by atoms with Gasteiger partial charge in [-0.2, -0.15) is 20.3 Å². The van der Waals surface area contributed by atoms with Gasteiger partial charge in [-0.15, -0.1) is 0 Å². The van der Waals surface area contributed by atoms with Gasteiger partial charge < -0.3 is 16.6 Å². The molecule has 3 N–H and O–H groups in total. The molecular formula is C17H29NaO7S. The maximum atomic E-state index is 10.2. The van der Waals surface area contributed by atoms with Gasteiger partial charge in [-0.1, -0.05) is 64.2 Å². The fourth-order valence-corrected chi connectivity index (χ4v) is 4.12. The van der Waals surface area contributed by atoms with Crippen molar-refractivity contribution in [3.63, 3.8) is 0 Å². The summed E-state index contributed by atoms with van der Waals surface area (Å²) in [7, 11) is -4.84. The van der Waals surface area contributed by atoms with E-state index in [1.807, 2.05) is 0 Å². The van der Waals surface area contributed by atoms with Crippen molar-refractivity contribution in [2.75, 3.05) is 0 Å². The number of carboxylic acids is 2. The van der Waals surface area contributed by atoms with Gasteiger partial charge in [0.2, 0.25) is 0 Å². The average Bonchev–Trinajstić information content (AvgIpc) is 2.54. The van der Waals surface area contributed by atoms with Crippen LogP contribution in [0.4, 0.5) is 0 Å². The van der Waals surface area contributed by atoms with E-state index in [-0.39, 0.29) is 29.6 Å². The first kappa shape index (κ1) is 25.9. The van der Waals surface area contributed by atoms with Crippen LogP contribution in [0, 0.1) is 18.3 Å². The molecule has 0 aliphatic heterocycles. The van der Waals surface area contributed by atoms with Crippen molar-refractivity contribution in [3.05, 3.63) is 6.42 Å². The third-order valence-corrected chi connectivity index (χ3v) is 5.93. The molecule has 0 amide bonds. The van der Waals surface area contributed by atoms with Crippen molar-refractivity contribution in [1.82, 2.24) is 0 Å². The molecule has 0 radical (unpaired) electrons. The Labute approximate surface area is 178 Å². The largest absolute Gasteiger partial charge is 1.00 e. The maximum absolute atomic E-state index is 10.2. The minimum Gasteiger partial charge on any atom is -0.481 e. The number of hydrogen-bond donors (Lipinski definition) is 3. The molecule has 2 saturated carbocycles. The van der Waals surface area contributed by atoms with E-state index < -0.39 is 33.7 Å². The zero-order valence-corrected chi connectivity index (χ0v) is 18.3. The van der Waals surface area contributed by atoms with Crippen LogP contribution in [-0.2, 0) is 19.7 Å². The van der Waals surface area contributed by atoms with Gasteiger partial charge in [-0.3, -0.25) is 14.1 Å². The van der Waals surface area contributed by atoms with Crippen molar-refractivity contribution in [3.8, 4) is 0 Å². The second-order valence-electron chi connectivity index (χ2n) is 6.93. The molecule has 0 saturated heterocycles. The molecule has 2 fully saturated rings. The summed E-state index contributed by atoms with van der Waals surface area (Å²) in [5, 5.41) is 13.9. The van der Waals surface area contributed by atoms with E-state index >= 15 is 0 Å². The molecule has 2 aliphatic rings. The third-order valence-electron chi connectivity index (χ3n) is 4.84. The summed E-state index contributed by atoms with van der Waals surface area (Å²) in [6.07, 6.45) is 16.5. The van der Waals surface area contributed by atoms with E-state index in [0.29, 0.717) is 0 Å². The molecule has 26 heavy (non-hydrogen) atoms. The molecule has 0 aromatic rings. The first-order valence-electron chi connectivity index (χ1n) is 8.96. The zero-order valence-electron chi connectivity index (χ0n) is 15.5. The molecule has 9 heteroatoms. The van der Waals surface area contributed by atoms with Crippen LogP contribution in [-0.4, -0.2) is 40.4 Å². The Morgan fingerprint density at radius 1 is 0.885 bits per heavy atom. The number of rotatable bonds is 6. The monoisotopic (exact) mass is 400 g/mol. The number of carbonyl (C=O) groups is 2. The Bertz CT molecular complexity index is 507. The van der Waals surface area contributed by atoms with E-state index in [1.165, 1.54) is 64.2 Å². The van der Waals surface area contributed by atoms with Crippen molar-refractivity contribution in [2.45, 2.75) is 75.9 Å². The van der Waals surface area contributed by atoms with E-state index in [2.05, 4.69) is 6.42 Å². The van der Waals surface area contributed by atoms with Gasteiger partial charge in [0.05, 0.1) is 6.42 Å². The Hall–Kier alpha value is -0.150. The van der Waals surface area contributed by atoms with Gasteiger partial charge in [0.25, 0.3) is 10.1 Å². The van der Waals surface area contributed by atoms with Gasteiger partial charge >= 0.3 is 41.5 Å². The smallest absolute Gasteiger partial charge is 0.481 e. The summed E-state index contributed by atoms with van der Waals surface area (Å²) in [4.78, 5) is 20.0. The summed E-state index contributed by atoms with van der Waals surface area (Å²) >= 11 is 0. The summed E-state index contributed by atoms with van der Waals surface area (Å²) in [6, 6.07) is 0. The van der Waals surface area contributed by atoms with Crippen LogP contribution in [0.3, 0.4) is 0 Å². The molecule has 146 valence electrons. The average molecular weight is 400 g/mol. The van der Waals surface area contributed by atoms with Crippen LogP contribution >= 0.6 is 0 Å². The van der Waals surface area contributed by atoms with Crippen molar-refractivity contribution in [2.24, 2.45) is 11.8 Å². The van der Waals surface area contributed by atoms with Gasteiger partial charge in [0.15, 0.2) is 5.25 Å². The number of aliphatic carboxylic acids is 2. The van der Waals surface area contributed by atoms with Crippen molar-refractivity contribution >= 4 is 22.1 Å². The second kappa shape index (κ2) is 13.1. The maximum Gasteiger partial charge on any atom is 1.00 e. The van der Waals surface area contributed by atoms with Crippen LogP contribution in [0.25, 0.3) is 0 Å². The summed E-state index contributed by atoms with van der Waals surface area (Å²) in [5.74, 6) is -1.51. The summed E-state index contributed by atoms with van der Waals surface area (Å²) < 4.78 is 28.7. The van der Waals surface area contributed by atoms with Crippen LogP contribution in [0.1, 0.15) is 70.6 Å². The van der Waals surface area contributed by atoms with E-state index in [0.717, 1.165) is 11.8 Å². The van der Waals surface area contributed by atoms with Crippen molar-refractivity contribution < 1.29 is 62.3 Å². The van der Waals surface area contributed by atoms with E-state index in [1.54, 1.807) is 0 Å². The Balaban J connectivity index is 0.000000466. The minimum absolute atomic E-state index is 0. The topological polar surface area (TPSA) is 129 Å². The standard InChI is InChI=1S/C13H23.C4H6O7S.Na/c1-3-7-12(8-4-1)11-13-9-5-2-6-10-13;5-3(6)1-2(4(7)8)12(9,10)11;/h11-13H,1-10H2;2H,1H2,(H,5,6)(H,7,8)(H,9,10,11);/q-1;;+1. The van der Waals surface area contributed by atoms with Gasteiger partial charge in [-0.25, -0.2) is 0 Å². The van der Waals surface area contributed by atoms with Gasteiger partial charge in [0.1, 0.15) is 0 Å². The molecule has 0 heterocycles. The summed E-state index contributed by atoms with van der Waals surface area (Å²) in [5.41, 5.74) is 0. The Kier molecular flexibility index (Phi) is 13.0. The molecule has 0 spiro atoms. The molecule has 7 nitrogen and oxygen atoms in total. The molecular weight excluding hydrogens is 371 g/mol. The van der Waals surface area contributed by atoms with Crippen LogP contribution < -0.4 is 29.6 Å². The molecule has 0 aromatic heterocycles. The molecule has 2 aliphatic carbocycles. The molecule has 1 unspecified atom stereocenters. The summed E-state index contributed by atoms with van der Waals surface area (Å²) in [6.45, 7) is 0. The SMILES string of the molecule is O=C(O)CC(C(=O)O)S(=O)(=O)O.[CH-](C1CCCCC1)C1CCCCC1.[Na+]. The second-order valence-corrected chi connectivity index (χ2v) is 8.53. The predicted molar refractivity (Wildman–Crippen MR) is 92.7 cm³/mol. The number of hydrogen-bond acceptors (Lipinski definition) is 4. The van der Waals surface area contributed by atoms with Crippen LogP contribution in [0.15, 0.2) is 0 Å². The molecule has 2 rings (SSSR count). The zero-order chi connectivity index (χ0) is 18.9. The quantitative estimate of drug-likeness (QED) is 0.329. The van der Waals surface area contributed by atoms with E-state index in [4.69, 9.17) is 14.8 Å². The van der Waals surface area contributed by atoms with E-state index in [9.17, 15) is 18.0 Å². The molecule has 1 atom stereocenters. The van der Waals surface area contributed by atoms with Gasteiger partial charge in [0, 0.05) is 0 Å². The third kappa shape index (κ3) is 10.9. The minimum atomic E-state index is -4.84. The van der Waals surface area contributed by atoms with Crippen LogP contribution in [0.5, 0.6) is 0 Å². The van der Waals surface area contributed by atoms with Crippen molar-refractivity contribution in [1.29, 1.82) is 0 Å². The number of carboxylic acid groups (broad SMARTS) is 2. The normalized spacial score (nSPS) is 20.2. The fourth-order valence-electron chi connectivity index (χ4n) is 3.52. The Morgan fingerprint density at radius 3 is 1.50 bits per heavy atom. The first-order valence-corrected chi connectivity index (χ1v) is 10.5. The molecule has 0 aromatic carbocycles.